The molecule has 8 nitrogen and oxygen atoms in total. The van der Waals surface area contributed by atoms with Crippen LogP contribution in [-0.4, -0.2) is 79.9 Å². The zero-order chi connectivity index (χ0) is 25.7. The highest BCUT2D eigenvalue weighted by atomic mass is 16.2. The summed E-state index contributed by atoms with van der Waals surface area (Å²) in [5.74, 6) is 0.464. The lowest BCUT2D eigenvalue weighted by Crippen LogP contribution is -2.41. The molecule has 36 heavy (non-hydrogen) atoms. The fourth-order valence-electron chi connectivity index (χ4n) is 5.24. The number of benzene rings is 1. The van der Waals surface area contributed by atoms with Gasteiger partial charge in [-0.1, -0.05) is 27.2 Å². The van der Waals surface area contributed by atoms with Gasteiger partial charge in [0.15, 0.2) is 0 Å². The van der Waals surface area contributed by atoms with Gasteiger partial charge in [0.25, 0.3) is 5.91 Å². The van der Waals surface area contributed by atoms with E-state index >= 15 is 0 Å². The number of carbonyl (C=O) groups is 3. The van der Waals surface area contributed by atoms with Crippen molar-refractivity contribution in [2.24, 2.45) is 11.3 Å². The van der Waals surface area contributed by atoms with Crippen LogP contribution >= 0.6 is 0 Å². The molecule has 0 aromatic heterocycles. The third-order valence-electron chi connectivity index (χ3n) is 7.44. The molecule has 2 N–H and O–H groups in total. The summed E-state index contributed by atoms with van der Waals surface area (Å²) in [6, 6.07) is 5.70. The molecule has 1 aromatic carbocycles. The minimum absolute atomic E-state index is 0.00436. The maximum Gasteiger partial charge on any atom is 0.253 e. The van der Waals surface area contributed by atoms with Crippen LogP contribution in [0.25, 0.3) is 0 Å². The highest BCUT2D eigenvalue weighted by molar-refractivity contribution is 6.00. The summed E-state index contributed by atoms with van der Waals surface area (Å²) in [5.41, 5.74) is 2.07. The van der Waals surface area contributed by atoms with Crippen LogP contribution in [0.1, 0.15) is 69.7 Å². The first kappa shape index (κ1) is 26.5. The molecule has 198 valence electrons. The Bertz CT molecular complexity index is 945. The molecule has 1 aliphatic carbocycles. The van der Waals surface area contributed by atoms with Gasteiger partial charge in [0.05, 0.1) is 11.4 Å². The van der Waals surface area contributed by atoms with Gasteiger partial charge in [-0.05, 0) is 55.8 Å². The molecule has 2 heterocycles. The average molecular weight is 498 g/mol. The monoisotopic (exact) mass is 497 g/mol. The Morgan fingerprint density at radius 3 is 2.42 bits per heavy atom. The van der Waals surface area contributed by atoms with Crippen molar-refractivity contribution in [3.8, 4) is 0 Å². The summed E-state index contributed by atoms with van der Waals surface area (Å²) >= 11 is 0. The van der Waals surface area contributed by atoms with Gasteiger partial charge < -0.3 is 25.3 Å². The molecule has 4 rings (SSSR count). The molecule has 0 atom stereocenters. The van der Waals surface area contributed by atoms with E-state index in [0.717, 1.165) is 70.5 Å². The standard InChI is InChI=1S/C28H43N5O3/c1-28(2,3)20-25(34)30-23-19-22(27(36)32-13-5-11-29-12-16-32)9-10-24(23)31-14-6-15-33(18-17-31)26(35)21-7-4-8-21/h9-10,19,21,29H,4-8,11-18,20H2,1-3H3,(H,30,34). The van der Waals surface area contributed by atoms with Crippen LogP contribution in [0.4, 0.5) is 11.4 Å². The van der Waals surface area contributed by atoms with Gasteiger partial charge in [-0.25, -0.2) is 0 Å². The SMILES string of the molecule is CC(C)(C)CC(=O)Nc1cc(C(=O)N2CCCNCC2)ccc1N1CCCN(C(=O)C2CCC2)CC1. The zero-order valence-electron chi connectivity index (χ0n) is 22.3. The molecular weight excluding hydrogens is 454 g/mol. The van der Waals surface area contributed by atoms with Gasteiger partial charge in [-0.3, -0.25) is 14.4 Å². The Hall–Kier alpha value is -2.61. The van der Waals surface area contributed by atoms with Gasteiger partial charge in [0, 0.05) is 63.7 Å². The molecule has 0 bridgehead atoms. The van der Waals surface area contributed by atoms with E-state index in [-0.39, 0.29) is 23.1 Å². The second-order valence-corrected chi connectivity index (χ2v) is 11.7. The van der Waals surface area contributed by atoms with Crippen molar-refractivity contribution in [2.75, 3.05) is 62.6 Å². The summed E-state index contributed by atoms with van der Waals surface area (Å²) in [6.45, 7) is 12.3. The summed E-state index contributed by atoms with van der Waals surface area (Å²) < 4.78 is 0. The Morgan fingerprint density at radius 2 is 1.69 bits per heavy atom. The number of hydrogen-bond acceptors (Lipinski definition) is 5. The number of nitrogens with zero attached hydrogens (tertiary/aromatic N) is 3. The number of rotatable bonds is 5. The largest absolute Gasteiger partial charge is 0.368 e. The van der Waals surface area contributed by atoms with Crippen LogP contribution < -0.4 is 15.5 Å². The third kappa shape index (κ3) is 6.78. The first-order valence-corrected chi connectivity index (χ1v) is 13.7. The number of hydrogen-bond donors (Lipinski definition) is 2. The molecule has 1 saturated carbocycles. The second-order valence-electron chi connectivity index (χ2n) is 11.7. The summed E-state index contributed by atoms with van der Waals surface area (Å²) in [6.07, 6.45) is 5.41. The van der Waals surface area contributed by atoms with E-state index in [4.69, 9.17) is 0 Å². The number of amides is 3. The van der Waals surface area contributed by atoms with E-state index in [0.29, 0.717) is 43.2 Å². The Balaban J connectivity index is 1.54. The quantitative estimate of drug-likeness (QED) is 0.652. The topological polar surface area (TPSA) is 85.0 Å². The van der Waals surface area contributed by atoms with Crippen molar-refractivity contribution < 1.29 is 14.4 Å². The van der Waals surface area contributed by atoms with E-state index in [1.807, 2.05) is 48.8 Å². The van der Waals surface area contributed by atoms with Crippen molar-refractivity contribution in [1.29, 1.82) is 0 Å². The Kier molecular flexibility index (Phi) is 8.54. The predicted octanol–water partition coefficient (Wildman–Crippen LogP) is 3.34. The molecule has 0 radical (unpaired) electrons. The van der Waals surface area contributed by atoms with Crippen LogP contribution in [0.3, 0.4) is 0 Å². The fraction of sp³-hybridized carbons (Fsp3) is 0.679. The maximum atomic E-state index is 13.3. The highest BCUT2D eigenvalue weighted by Crippen LogP contribution is 2.32. The second kappa shape index (κ2) is 11.6. The lowest BCUT2D eigenvalue weighted by atomic mass is 9.84. The van der Waals surface area contributed by atoms with Gasteiger partial charge in [-0.2, -0.15) is 0 Å². The molecule has 1 aromatic rings. The van der Waals surface area contributed by atoms with Crippen molar-refractivity contribution in [3.05, 3.63) is 23.8 Å². The van der Waals surface area contributed by atoms with Gasteiger partial charge >= 0.3 is 0 Å². The van der Waals surface area contributed by atoms with E-state index in [9.17, 15) is 14.4 Å². The first-order chi connectivity index (χ1) is 17.2. The van der Waals surface area contributed by atoms with Crippen LogP contribution in [0.2, 0.25) is 0 Å². The predicted molar refractivity (Wildman–Crippen MR) is 143 cm³/mol. The average Bonchev–Trinajstić information content (AvgIpc) is 3.19. The molecule has 8 heteroatoms. The molecule has 2 saturated heterocycles. The Labute approximate surface area is 215 Å². The number of nitrogens with one attached hydrogen (secondary N) is 2. The minimum Gasteiger partial charge on any atom is -0.368 e. The maximum absolute atomic E-state index is 13.3. The van der Waals surface area contributed by atoms with Crippen molar-refractivity contribution in [2.45, 2.75) is 59.3 Å². The van der Waals surface area contributed by atoms with E-state index in [1.165, 1.54) is 0 Å². The third-order valence-corrected chi connectivity index (χ3v) is 7.44. The lowest BCUT2D eigenvalue weighted by Gasteiger charge is -2.31. The normalized spacial score (nSPS) is 19.8. The van der Waals surface area contributed by atoms with Crippen LogP contribution in [-0.2, 0) is 9.59 Å². The first-order valence-electron chi connectivity index (χ1n) is 13.7. The molecule has 3 amide bonds. The highest BCUT2D eigenvalue weighted by Gasteiger charge is 2.31. The van der Waals surface area contributed by atoms with Crippen LogP contribution in [0, 0.1) is 11.3 Å². The number of anilines is 2. The molecule has 3 aliphatic rings. The summed E-state index contributed by atoms with van der Waals surface area (Å²) in [7, 11) is 0. The van der Waals surface area contributed by atoms with Crippen molar-refractivity contribution >= 4 is 29.1 Å². The Morgan fingerprint density at radius 1 is 0.917 bits per heavy atom. The molecular formula is C28H43N5O3. The molecule has 2 aliphatic heterocycles. The minimum atomic E-state index is -0.137. The lowest BCUT2D eigenvalue weighted by molar-refractivity contribution is -0.137. The zero-order valence-corrected chi connectivity index (χ0v) is 22.3. The van der Waals surface area contributed by atoms with Crippen molar-refractivity contribution in [1.82, 2.24) is 15.1 Å². The van der Waals surface area contributed by atoms with E-state index in [2.05, 4.69) is 15.5 Å². The molecule has 3 fully saturated rings. The van der Waals surface area contributed by atoms with E-state index < -0.39 is 0 Å². The number of carbonyl (C=O) groups excluding carboxylic acids is 3. The summed E-state index contributed by atoms with van der Waals surface area (Å²) in [4.78, 5) is 45.2. The van der Waals surface area contributed by atoms with E-state index in [1.54, 1.807) is 0 Å². The molecule has 0 unspecified atom stereocenters. The van der Waals surface area contributed by atoms with Gasteiger partial charge in [0.1, 0.15) is 0 Å². The van der Waals surface area contributed by atoms with Crippen molar-refractivity contribution in [3.63, 3.8) is 0 Å². The van der Waals surface area contributed by atoms with Crippen LogP contribution in [0.5, 0.6) is 0 Å². The van der Waals surface area contributed by atoms with Crippen LogP contribution in [0.15, 0.2) is 18.2 Å². The van der Waals surface area contributed by atoms with Gasteiger partial charge in [-0.15, -0.1) is 0 Å². The summed E-state index contributed by atoms with van der Waals surface area (Å²) in [5, 5.41) is 6.46. The fourth-order valence-corrected chi connectivity index (χ4v) is 5.24. The smallest absolute Gasteiger partial charge is 0.253 e. The molecule has 0 spiro atoms. The van der Waals surface area contributed by atoms with Gasteiger partial charge in [0.2, 0.25) is 11.8 Å².